The Kier molecular flexibility index (Phi) is 4.37. The van der Waals surface area contributed by atoms with Crippen LogP contribution in [-0.4, -0.2) is 31.3 Å². The van der Waals surface area contributed by atoms with Crippen molar-refractivity contribution in [3.05, 3.63) is 28.2 Å². The maximum atomic E-state index is 12.1. The summed E-state index contributed by atoms with van der Waals surface area (Å²) in [5.74, 6) is -0.551. The molecule has 5 heteroatoms. The molecule has 1 amide bonds. The van der Waals surface area contributed by atoms with E-state index in [-0.39, 0.29) is 0 Å². The first-order chi connectivity index (χ1) is 9.06. The van der Waals surface area contributed by atoms with Gasteiger partial charge in [0.2, 0.25) is 0 Å². The molecule has 0 aromatic heterocycles. The van der Waals surface area contributed by atoms with Crippen LogP contribution in [0, 0.1) is 5.92 Å². The highest BCUT2D eigenvalue weighted by atomic mass is 79.9. The molecule has 0 aliphatic carbocycles. The molecule has 4 nitrogen and oxygen atoms in total. The molecule has 1 aliphatic heterocycles. The first-order valence-electron chi connectivity index (χ1n) is 6.41. The smallest absolute Gasteiger partial charge is 0.299 e. The fraction of sp³-hybridized carbons (Fsp3) is 0.429. The Hall–Kier alpha value is -1.20. The van der Waals surface area contributed by atoms with Gasteiger partial charge in [-0.1, -0.05) is 19.9 Å². The molecule has 1 atom stereocenters. The van der Waals surface area contributed by atoms with E-state index in [9.17, 15) is 9.59 Å². The monoisotopic (exact) mass is 324 g/mol. The van der Waals surface area contributed by atoms with Crippen LogP contribution in [0.4, 0.5) is 5.69 Å². The summed E-state index contributed by atoms with van der Waals surface area (Å²) in [5, 5.41) is 3.25. The largest absolute Gasteiger partial charge is 0.317 e. The molecule has 1 aliphatic rings. The maximum absolute atomic E-state index is 12.1. The van der Waals surface area contributed by atoms with Gasteiger partial charge in [-0.05, 0) is 47.1 Å². The first kappa shape index (κ1) is 14.2. The third kappa shape index (κ3) is 2.72. The van der Waals surface area contributed by atoms with Crippen LogP contribution in [-0.2, 0) is 4.79 Å². The number of ketones is 1. The lowest BCUT2D eigenvalue weighted by Gasteiger charge is -2.21. The highest BCUT2D eigenvalue weighted by Gasteiger charge is 2.37. The number of anilines is 1. The van der Waals surface area contributed by atoms with Crippen LogP contribution in [0.15, 0.2) is 22.7 Å². The molecule has 19 heavy (non-hydrogen) atoms. The van der Waals surface area contributed by atoms with Gasteiger partial charge in [0.05, 0.1) is 11.3 Å². The van der Waals surface area contributed by atoms with Crippen molar-refractivity contribution in [2.45, 2.75) is 13.8 Å². The summed E-state index contributed by atoms with van der Waals surface area (Å²) in [7, 11) is 0. The number of carbonyl (C=O) groups is 2. The van der Waals surface area contributed by atoms with Crippen molar-refractivity contribution < 1.29 is 9.59 Å². The number of carbonyl (C=O) groups excluding carboxylic acids is 2. The molecule has 0 fully saturated rings. The van der Waals surface area contributed by atoms with Gasteiger partial charge in [-0.3, -0.25) is 9.59 Å². The van der Waals surface area contributed by atoms with Gasteiger partial charge >= 0.3 is 0 Å². The van der Waals surface area contributed by atoms with E-state index in [4.69, 9.17) is 0 Å². The number of benzene rings is 1. The Bertz CT molecular complexity index is 516. The second-order valence-electron chi connectivity index (χ2n) is 4.79. The highest BCUT2D eigenvalue weighted by molar-refractivity contribution is 9.10. The standard InChI is InChI=1S/C14H17BrN2O2/c1-3-16-7-9(2)8-17-11-6-4-5-10(15)12(11)13(18)14(17)19/h4-6,9,16H,3,7-8H2,1-2H3. The Balaban J connectivity index is 2.22. The van der Waals surface area contributed by atoms with Gasteiger partial charge in [0.1, 0.15) is 0 Å². The average molecular weight is 325 g/mol. The van der Waals surface area contributed by atoms with Crippen molar-refractivity contribution in [3.8, 4) is 0 Å². The summed E-state index contributed by atoms with van der Waals surface area (Å²) in [4.78, 5) is 25.6. The van der Waals surface area contributed by atoms with E-state index in [0.717, 1.165) is 13.1 Å². The second-order valence-corrected chi connectivity index (χ2v) is 5.65. The zero-order valence-electron chi connectivity index (χ0n) is 11.1. The second kappa shape index (κ2) is 5.84. The maximum Gasteiger partial charge on any atom is 0.299 e. The number of rotatable bonds is 5. The molecule has 0 bridgehead atoms. The quantitative estimate of drug-likeness (QED) is 0.845. The van der Waals surface area contributed by atoms with Crippen LogP contribution in [0.1, 0.15) is 24.2 Å². The van der Waals surface area contributed by atoms with E-state index in [1.54, 1.807) is 11.0 Å². The SMILES string of the molecule is CCNCC(C)CN1C(=O)C(=O)c2c(Br)cccc21. The number of fused-ring (bicyclic) bond motifs is 1. The third-order valence-corrected chi connectivity index (χ3v) is 3.85. The molecule has 0 spiro atoms. The van der Waals surface area contributed by atoms with E-state index in [0.29, 0.717) is 28.2 Å². The Labute approximate surface area is 121 Å². The molecule has 1 N–H and O–H groups in total. The summed E-state index contributed by atoms with van der Waals surface area (Å²) in [6, 6.07) is 5.45. The topological polar surface area (TPSA) is 49.4 Å². The van der Waals surface area contributed by atoms with Crippen LogP contribution in [0.2, 0.25) is 0 Å². The number of halogens is 1. The molecule has 102 valence electrons. The van der Waals surface area contributed by atoms with Gasteiger partial charge < -0.3 is 10.2 Å². The summed E-state index contributed by atoms with van der Waals surface area (Å²) in [6.07, 6.45) is 0. The molecule has 0 saturated heterocycles. The van der Waals surface area contributed by atoms with Crippen molar-refractivity contribution in [1.29, 1.82) is 0 Å². The Morgan fingerprint density at radius 1 is 1.37 bits per heavy atom. The molecule has 2 rings (SSSR count). The van der Waals surface area contributed by atoms with Gasteiger partial charge in [0, 0.05) is 11.0 Å². The Morgan fingerprint density at radius 3 is 2.79 bits per heavy atom. The summed E-state index contributed by atoms with van der Waals surface area (Å²) in [6.45, 7) is 6.40. The third-order valence-electron chi connectivity index (χ3n) is 3.19. The number of nitrogens with one attached hydrogen (secondary N) is 1. The zero-order chi connectivity index (χ0) is 14.0. The lowest BCUT2D eigenvalue weighted by atomic mass is 10.1. The van der Waals surface area contributed by atoms with E-state index >= 15 is 0 Å². The first-order valence-corrected chi connectivity index (χ1v) is 7.21. The molecule has 0 radical (unpaired) electrons. The van der Waals surface area contributed by atoms with Gasteiger partial charge in [0.25, 0.3) is 11.7 Å². The van der Waals surface area contributed by atoms with Gasteiger partial charge in [-0.2, -0.15) is 0 Å². The van der Waals surface area contributed by atoms with Crippen LogP contribution < -0.4 is 10.2 Å². The van der Waals surface area contributed by atoms with Gasteiger partial charge in [-0.25, -0.2) is 0 Å². The average Bonchev–Trinajstić information content (AvgIpc) is 2.63. The molecule has 0 saturated carbocycles. The number of nitrogens with zero attached hydrogens (tertiary/aromatic N) is 1. The predicted octanol–water partition coefficient (Wildman–Crippen LogP) is 2.22. The summed E-state index contributed by atoms with van der Waals surface area (Å²) >= 11 is 3.34. The normalized spacial score (nSPS) is 15.8. The molecule has 1 aromatic carbocycles. The zero-order valence-corrected chi connectivity index (χ0v) is 12.7. The van der Waals surface area contributed by atoms with Gasteiger partial charge in [-0.15, -0.1) is 0 Å². The lowest BCUT2D eigenvalue weighted by molar-refractivity contribution is -0.114. The number of Topliss-reactive ketones (excluding diaryl/α,β-unsaturated/α-hetero) is 1. The van der Waals surface area contributed by atoms with E-state index in [2.05, 4.69) is 28.2 Å². The van der Waals surface area contributed by atoms with Crippen molar-refractivity contribution in [1.82, 2.24) is 5.32 Å². The van der Waals surface area contributed by atoms with Crippen LogP contribution in [0.3, 0.4) is 0 Å². The van der Waals surface area contributed by atoms with Crippen molar-refractivity contribution in [2.75, 3.05) is 24.5 Å². The van der Waals surface area contributed by atoms with E-state index < -0.39 is 11.7 Å². The van der Waals surface area contributed by atoms with Gasteiger partial charge in [0.15, 0.2) is 0 Å². The predicted molar refractivity (Wildman–Crippen MR) is 78.5 cm³/mol. The minimum atomic E-state index is -0.426. The fourth-order valence-corrected chi connectivity index (χ4v) is 2.79. The lowest BCUT2D eigenvalue weighted by Crippen LogP contribution is -2.36. The fourth-order valence-electron chi connectivity index (χ4n) is 2.25. The number of hydrogen-bond acceptors (Lipinski definition) is 3. The summed E-state index contributed by atoms with van der Waals surface area (Å²) in [5.41, 5.74) is 1.20. The molecule has 1 unspecified atom stereocenters. The van der Waals surface area contributed by atoms with Crippen LogP contribution in [0.5, 0.6) is 0 Å². The highest BCUT2D eigenvalue weighted by Crippen LogP contribution is 2.34. The minimum absolute atomic E-state index is 0.293. The van der Waals surface area contributed by atoms with E-state index in [1.165, 1.54) is 0 Å². The Morgan fingerprint density at radius 2 is 2.11 bits per heavy atom. The minimum Gasteiger partial charge on any atom is -0.317 e. The van der Waals surface area contributed by atoms with Crippen LogP contribution in [0.25, 0.3) is 0 Å². The van der Waals surface area contributed by atoms with Crippen molar-refractivity contribution in [3.63, 3.8) is 0 Å². The van der Waals surface area contributed by atoms with Crippen molar-refractivity contribution in [2.24, 2.45) is 5.92 Å². The van der Waals surface area contributed by atoms with Crippen molar-refractivity contribution >= 4 is 33.3 Å². The number of amides is 1. The van der Waals surface area contributed by atoms with Crippen LogP contribution >= 0.6 is 15.9 Å². The van der Waals surface area contributed by atoms with E-state index in [1.807, 2.05) is 19.1 Å². The molecule has 1 heterocycles. The summed E-state index contributed by atoms with van der Waals surface area (Å²) < 4.78 is 0.685. The molecular weight excluding hydrogens is 308 g/mol. The molecule has 1 aromatic rings. The number of hydrogen-bond donors (Lipinski definition) is 1. The molecular formula is C14H17BrN2O2.